The van der Waals surface area contributed by atoms with Crippen molar-refractivity contribution in [3.05, 3.63) is 24.0 Å². The fourth-order valence-corrected chi connectivity index (χ4v) is 1.74. The number of hydrogen-bond acceptors (Lipinski definition) is 4. The lowest BCUT2D eigenvalue weighted by Crippen LogP contribution is -2.23. The van der Waals surface area contributed by atoms with E-state index in [1.807, 2.05) is 13.8 Å². The van der Waals surface area contributed by atoms with Crippen LogP contribution in [0.2, 0.25) is 0 Å². The monoisotopic (exact) mass is 236 g/mol. The van der Waals surface area contributed by atoms with Gasteiger partial charge >= 0.3 is 0 Å². The van der Waals surface area contributed by atoms with Gasteiger partial charge in [-0.05, 0) is 19.4 Å². The normalized spacial score (nSPS) is 12.2. The van der Waals surface area contributed by atoms with Crippen LogP contribution in [0.1, 0.15) is 37.0 Å². The molecule has 0 spiro atoms. The van der Waals surface area contributed by atoms with Gasteiger partial charge < -0.3 is 10.5 Å². The molecule has 1 atom stereocenters. The summed E-state index contributed by atoms with van der Waals surface area (Å²) in [6.45, 7) is 4.89. The number of ketones is 1. The van der Waals surface area contributed by atoms with Crippen molar-refractivity contribution in [1.82, 2.24) is 4.98 Å². The molecule has 0 aromatic carbocycles. The molecule has 1 aromatic heterocycles. The topological polar surface area (TPSA) is 65.2 Å². The van der Waals surface area contributed by atoms with Gasteiger partial charge in [0.2, 0.25) is 0 Å². The van der Waals surface area contributed by atoms with Crippen LogP contribution in [0.25, 0.3) is 0 Å². The molecule has 0 amide bonds. The first-order valence-corrected chi connectivity index (χ1v) is 6.05. The molecule has 0 aliphatic carbocycles. The number of Topliss-reactive ketones (excluding diaryl/α,β-unsaturated/α-hetero) is 1. The SMILES string of the molecule is CCCC(CN)C(=O)c1cncc(OCC)c1. The molecule has 0 bridgehead atoms. The Morgan fingerprint density at radius 3 is 2.82 bits per heavy atom. The van der Waals surface area contributed by atoms with Crippen LogP contribution in [0.3, 0.4) is 0 Å². The number of ether oxygens (including phenoxy) is 1. The summed E-state index contributed by atoms with van der Waals surface area (Å²) in [6.07, 6.45) is 4.95. The first kappa shape index (κ1) is 13.6. The van der Waals surface area contributed by atoms with Gasteiger partial charge in [-0.2, -0.15) is 0 Å². The van der Waals surface area contributed by atoms with Crippen LogP contribution >= 0.6 is 0 Å². The van der Waals surface area contributed by atoms with Gasteiger partial charge in [0.15, 0.2) is 5.78 Å². The summed E-state index contributed by atoms with van der Waals surface area (Å²) in [5.41, 5.74) is 6.20. The number of nitrogens with two attached hydrogens (primary N) is 1. The van der Waals surface area contributed by atoms with Crippen LogP contribution in [0.15, 0.2) is 18.5 Å². The van der Waals surface area contributed by atoms with Gasteiger partial charge in [-0.15, -0.1) is 0 Å². The van der Waals surface area contributed by atoms with E-state index in [2.05, 4.69) is 4.98 Å². The molecule has 1 aromatic rings. The molecule has 0 aliphatic rings. The van der Waals surface area contributed by atoms with E-state index in [0.29, 0.717) is 24.5 Å². The van der Waals surface area contributed by atoms with Crippen LogP contribution in [-0.2, 0) is 0 Å². The molecule has 94 valence electrons. The summed E-state index contributed by atoms with van der Waals surface area (Å²) in [4.78, 5) is 16.2. The lowest BCUT2D eigenvalue weighted by atomic mass is 9.94. The largest absolute Gasteiger partial charge is 0.492 e. The quantitative estimate of drug-likeness (QED) is 0.736. The Labute approximate surface area is 102 Å². The Kier molecular flexibility index (Phi) is 5.63. The molecule has 17 heavy (non-hydrogen) atoms. The Morgan fingerprint density at radius 2 is 2.24 bits per heavy atom. The molecular formula is C13H20N2O2. The smallest absolute Gasteiger partial charge is 0.168 e. The summed E-state index contributed by atoms with van der Waals surface area (Å²) in [5.74, 6) is 0.577. The van der Waals surface area contributed by atoms with Crippen molar-refractivity contribution in [2.24, 2.45) is 11.7 Å². The molecule has 0 saturated heterocycles. The molecule has 1 rings (SSSR count). The second-order valence-corrected chi connectivity index (χ2v) is 3.93. The van der Waals surface area contributed by atoms with Gasteiger partial charge in [0.05, 0.1) is 12.8 Å². The third-order valence-electron chi connectivity index (χ3n) is 2.60. The Hall–Kier alpha value is -1.42. The number of hydrogen-bond donors (Lipinski definition) is 1. The zero-order valence-electron chi connectivity index (χ0n) is 10.5. The number of carbonyl (C=O) groups is 1. The van der Waals surface area contributed by atoms with Crippen LogP contribution in [0.5, 0.6) is 5.75 Å². The average Bonchev–Trinajstić information content (AvgIpc) is 2.36. The predicted molar refractivity (Wildman–Crippen MR) is 67.2 cm³/mol. The molecule has 0 saturated carbocycles. The molecule has 4 nitrogen and oxygen atoms in total. The summed E-state index contributed by atoms with van der Waals surface area (Å²) >= 11 is 0. The summed E-state index contributed by atoms with van der Waals surface area (Å²) in [6, 6.07) is 1.73. The van der Waals surface area contributed by atoms with Crippen LogP contribution in [0.4, 0.5) is 0 Å². The third kappa shape index (κ3) is 3.82. The van der Waals surface area contributed by atoms with E-state index >= 15 is 0 Å². The van der Waals surface area contributed by atoms with Gasteiger partial charge in [0, 0.05) is 24.2 Å². The van der Waals surface area contributed by atoms with E-state index in [0.717, 1.165) is 12.8 Å². The number of carbonyl (C=O) groups excluding carboxylic acids is 1. The standard InChI is InChI=1S/C13H20N2O2/c1-3-5-10(7-14)13(16)11-6-12(17-4-2)9-15-8-11/h6,8-10H,3-5,7,14H2,1-2H3. The van der Waals surface area contributed by atoms with Gasteiger partial charge in [-0.25, -0.2) is 0 Å². The molecule has 4 heteroatoms. The minimum absolute atomic E-state index is 0.0587. The van der Waals surface area contributed by atoms with Crippen molar-refractivity contribution in [2.45, 2.75) is 26.7 Å². The van der Waals surface area contributed by atoms with Crippen LogP contribution in [0, 0.1) is 5.92 Å². The Balaban J connectivity index is 2.83. The highest BCUT2D eigenvalue weighted by molar-refractivity contribution is 5.98. The zero-order valence-corrected chi connectivity index (χ0v) is 10.5. The van der Waals surface area contributed by atoms with E-state index in [1.54, 1.807) is 18.5 Å². The van der Waals surface area contributed by atoms with Gasteiger partial charge in [0.1, 0.15) is 5.75 Å². The van der Waals surface area contributed by atoms with E-state index in [9.17, 15) is 4.79 Å². The summed E-state index contributed by atoms with van der Waals surface area (Å²) in [7, 11) is 0. The van der Waals surface area contributed by atoms with Crippen molar-refractivity contribution < 1.29 is 9.53 Å². The van der Waals surface area contributed by atoms with E-state index < -0.39 is 0 Å². The second-order valence-electron chi connectivity index (χ2n) is 3.93. The second kappa shape index (κ2) is 7.01. The minimum atomic E-state index is -0.112. The average molecular weight is 236 g/mol. The molecular weight excluding hydrogens is 216 g/mol. The minimum Gasteiger partial charge on any atom is -0.492 e. The molecule has 0 aliphatic heterocycles. The highest BCUT2D eigenvalue weighted by atomic mass is 16.5. The number of pyridine rings is 1. The maximum Gasteiger partial charge on any atom is 0.168 e. The molecule has 1 unspecified atom stereocenters. The Bertz CT molecular complexity index is 366. The highest BCUT2D eigenvalue weighted by Gasteiger charge is 2.18. The van der Waals surface area contributed by atoms with E-state index in [1.165, 1.54) is 0 Å². The maximum absolute atomic E-state index is 12.1. The highest BCUT2D eigenvalue weighted by Crippen LogP contribution is 2.17. The summed E-state index contributed by atoms with van der Waals surface area (Å²) < 4.78 is 5.32. The van der Waals surface area contributed by atoms with Gasteiger partial charge in [0.25, 0.3) is 0 Å². The molecule has 2 N–H and O–H groups in total. The van der Waals surface area contributed by atoms with Crippen molar-refractivity contribution in [2.75, 3.05) is 13.2 Å². The van der Waals surface area contributed by atoms with Crippen molar-refractivity contribution in [3.8, 4) is 5.75 Å². The number of nitrogens with zero attached hydrogens (tertiary/aromatic N) is 1. The van der Waals surface area contributed by atoms with Gasteiger partial charge in [-0.3, -0.25) is 9.78 Å². The first-order chi connectivity index (χ1) is 8.22. The zero-order chi connectivity index (χ0) is 12.7. The Morgan fingerprint density at radius 1 is 1.47 bits per heavy atom. The fourth-order valence-electron chi connectivity index (χ4n) is 1.74. The lowest BCUT2D eigenvalue weighted by molar-refractivity contribution is 0.0916. The maximum atomic E-state index is 12.1. The fraction of sp³-hybridized carbons (Fsp3) is 0.538. The van der Waals surface area contributed by atoms with Crippen LogP contribution in [-0.4, -0.2) is 23.9 Å². The van der Waals surface area contributed by atoms with E-state index in [4.69, 9.17) is 10.5 Å². The lowest BCUT2D eigenvalue weighted by Gasteiger charge is -2.12. The molecule has 1 heterocycles. The molecule has 0 fully saturated rings. The first-order valence-electron chi connectivity index (χ1n) is 6.05. The van der Waals surface area contributed by atoms with Crippen LogP contribution < -0.4 is 10.5 Å². The number of aromatic nitrogens is 1. The van der Waals surface area contributed by atoms with Crippen molar-refractivity contribution >= 4 is 5.78 Å². The predicted octanol–water partition coefficient (Wildman–Crippen LogP) is 2.04. The molecule has 0 radical (unpaired) electrons. The third-order valence-corrected chi connectivity index (χ3v) is 2.60. The summed E-state index contributed by atoms with van der Waals surface area (Å²) in [5, 5.41) is 0. The van der Waals surface area contributed by atoms with Gasteiger partial charge in [-0.1, -0.05) is 13.3 Å². The van der Waals surface area contributed by atoms with Crippen molar-refractivity contribution in [3.63, 3.8) is 0 Å². The van der Waals surface area contributed by atoms with E-state index in [-0.39, 0.29) is 11.7 Å². The van der Waals surface area contributed by atoms with Crippen molar-refractivity contribution in [1.29, 1.82) is 0 Å². The number of rotatable bonds is 7.